The molecule has 0 aliphatic carbocycles. The fourth-order valence-corrected chi connectivity index (χ4v) is 1.20. The molecule has 0 saturated carbocycles. The summed E-state index contributed by atoms with van der Waals surface area (Å²) >= 11 is 0. The van der Waals surface area contributed by atoms with Crippen molar-refractivity contribution in [3.05, 3.63) is 0 Å². The minimum atomic E-state index is -0.0825. The molecule has 0 saturated heterocycles. The topological polar surface area (TPSA) is 26.3 Å². The summed E-state index contributed by atoms with van der Waals surface area (Å²) in [5, 5.41) is 0. The van der Waals surface area contributed by atoms with Gasteiger partial charge in [-0.15, -0.1) is 0 Å². The van der Waals surface area contributed by atoms with E-state index < -0.39 is 0 Å². The molecule has 0 bridgehead atoms. The molecule has 2 unspecified atom stereocenters. The van der Waals surface area contributed by atoms with E-state index in [1.165, 1.54) is 12.8 Å². The first-order valence-corrected chi connectivity index (χ1v) is 5.69. The Kier molecular flexibility index (Phi) is 6.60. The van der Waals surface area contributed by atoms with E-state index in [9.17, 15) is 4.79 Å². The molecule has 0 aromatic heterocycles. The summed E-state index contributed by atoms with van der Waals surface area (Å²) in [5.74, 6) is 0.370. The Morgan fingerprint density at radius 1 is 1.21 bits per heavy atom. The maximum Gasteiger partial charge on any atom is 0.308 e. The van der Waals surface area contributed by atoms with Gasteiger partial charge in [-0.2, -0.15) is 0 Å². The predicted molar refractivity (Wildman–Crippen MR) is 59.1 cm³/mol. The third kappa shape index (κ3) is 5.25. The number of hydrogen-bond donors (Lipinski definition) is 0. The standard InChI is InChI=1S/C12H24O2/c1-6-7-8-10(4)11(5)14-12(13)9(2)3/h9-11H,6-8H2,1-5H3. The lowest BCUT2D eigenvalue weighted by molar-refractivity contribution is -0.154. The van der Waals surface area contributed by atoms with E-state index in [1.807, 2.05) is 20.8 Å². The highest BCUT2D eigenvalue weighted by Crippen LogP contribution is 2.16. The molecule has 2 nitrogen and oxygen atoms in total. The van der Waals surface area contributed by atoms with Crippen molar-refractivity contribution in [2.75, 3.05) is 0 Å². The quantitative estimate of drug-likeness (QED) is 0.614. The van der Waals surface area contributed by atoms with Crippen LogP contribution in [0.3, 0.4) is 0 Å². The normalized spacial score (nSPS) is 15.3. The molecule has 0 aromatic carbocycles. The Balaban J connectivity index is 3.82. The van der Waals surface area contributed by atoms with Gasteiger partial charge in [0.05, 0.1) is 5.92 Å². The average Bonchev–Trinajstić information content (AvgIpc) is 2.13. The second-order valence-corrected chi connectivity index (χ2v) is 4.42. The summed E-state index contributed by atoms with van der Waals surface area (Å²) in [5.41, 5.74) is 0. The highest BCUT2D eigenvalue weighted by atomic mass is 16.5. The average molecular weight is 200 g/mol. The first-order valence-electron chi connectivity index (χ1n) is 5.69. The van der Waals surface area contributed by atoms with Crippen LogP contribution in [0, 0.1) is 11.8 Å². The summed E-state index contributed by atoms with van der Waals surface area (Å²) in [7, 11) is 0. The largest absolute Gasteiger partial charge is 0.462 e. The molecule has 84 valence electrons. The second-order valence-electron chi connectivity index (χ2n) is 4.42. The molecule has 0 fully saturated rings. The first-order chi connectivity index (χ1) is 6.49. The first kappa shape index (κ1) is 13.5. The van der Waals surface area contributed by atoms with Crippen molar-refractivity contribution in [3.8, 4) is 0 Å². The van der Waals surface area contributed by atoms with Crippen molar-refractivity contribution in [3.63, 3.8) is 0 Å². The van der Waals surface area contributed by atoms with Crippen LogP contribution in [0.1, 0.15) is 53.9 Å². The van der Waals surface area contributed by atoms with Crippen LogP contribution in [-0.4, -0.2) is 12.1 Å². The fraction of sp³-hybridized carbons (Fsp3) is 0.917. The van der Waals surface area contributed by atoms with E-state index in [-0.39, 0.29) is 18.0 Å². The van der Waals surface area contributed by atoms with Crippen molar-refractivity contribution in [2.24, 2.45) is 11.8 Å². The lowest BCUT2D eigenvalue weighted by Crippen LogP contribution is -2.24. The van der Waals surface area contributed by atoms with Crippen LogP contribution in [0.15, 0.2) is 0 Å². The molecule has 2 atom stereocenters. The van der Waals surface area contributed by atoms with E-state index in [0.717, 1.165) is 6.42 Å². The van der Waals surface area contributed by atoms with Crippen LogP contribution in [0.2, 0.25) is 0 Å². The molecule has 14 heavy (non-hydrogen) atoms. The zero-order valence-electron chi connectivity index (χ0n) is 10.2. The Labute approximate surface area is 88.0 Å². The van der Waals surface area contributed by atoms with Gasteiger partial charge in [0.15, 0.2) is 0 Å². The van der Waals surface area contributed by atoms with Gasteiger partial charge in [-0.05, 0) is 19.3 Å². The Bertz CT molecular complexity index is 164. The molecule has 0 aromatic rings. The van der Waals surface area contributed by atoms with Gasteiger partial charge < -0.3 is 4.74 Å². The maximum atomic E-state index is 11.3. The maximum absolute atomic E-state index is 11.3. The van der Waals surface area contributed by atoms with E-state index in [0.29, 0.717) is 5.92 Å². The van der Waals surface area contributed by atoms with Gasteiger partial charge in [0.25, 0.3) is 0 Å². The van der Waals surface area contributed by atoms with Gasteiger partial charge in [-0.25, -0.2) is 0 Å². The molecule has 0 amide bonds. The molecule has 0 aliphatic heterocycles. The smallest absolute Gasteiger partial charge is 0.308 e. The summed E-state index contributed by atoms with van der Waals surface area (Å²) in [6.07, 6.45) is 3.61. The van der Waals surface area contributed by atoms with E-state index in [2.05, 4.69) is 13.8 Å². The molecule has 0 heterocycles. The van der Waals surface area contributed by atoms with Crippen LogP contribution in [0.5, 0.6) is 0 Å². The van der Waals surface area contributed by atoms with Gasteiger partial charge in [0.2, 0.25) is 0 Å². The van der Waals surface area contributed by atoms with Crippen LogP contribution >= 0.6 is 0 Å². The van der Waals surface area contributed by atoms with Crippen molar-refractivity contribution in [2.45, 2.75) is 60.0 Å². The zero-order chi connectivity index (χ0) is 11.1. The number of unbranched alkanes of at least 4 members (excludes halogenated alkanes) is 1. The molecule has 0 radical (unpaired) electrons. The van der Waals surface area contributed by atoms with Gasteiger partial charge in [0, 0.05) is 0 Å². The van der Waals surface area contributed by atoms with E-state index in [1.54, 1.807) is 0 Å². The number of carbonyl (C=O) groups excluding carboxylic acids is 1. The van der Waals surface area contributed by atoms with Crippen molar-refractivity contribution in [1.29, 1.82) is 0 Å². The zero-order valence-corrected chi connectivity index (χ0v) is 10.2. The van der Waals surface area contributed by atoms with Crippen molar-refractivity contribution >= 4 is 5.97 Å². The third-order valence-electron chi connectivity index (χ3n) is 2.59. The third-order valence-corrected chi connectivity index (χ3v) is 2.59. The summed E-state index contributed by atoms with van der Waals surface area (Å²) < 4.78 is 5.33. The number of ether oxygens (including phenoxy) is 1. The minimum absolute atomic E-state index is 0.0178. The predicted octanol–water partition coefficient (Wildman–Crippen LogP) is 3.40. The fourth-order valence-electron chi connectivity index (χ4n) is 1.20. The van der Waals surface area contributed by atoms with Gasteiger partial charge in [-0.1, -0.05) is 40.5 Å². The lowest BCUT2D eigenvalue weighted by atomic mass is 9.99. The number of esters is 1. The molecular weight excluding hydrogens is 176 g/mol. The molecule has 2 heteroatoms. The Hall–Kier alpha value is -0.530. The van der Waals surface area contributed by atoms with Crippen LogP contribution in [0.25, 0.3) is 0 Å². The van der Waals surface area contributed by atoms with Gasteiger partial charge in [-0.3, -0.25) is 4.79 Å². The van der Waals surface area contributed by atoms with E-state index in [4.69, 9.17) is 4.74 Å². The second kappa shape index (κ2) is 6.86. The van der Waals surface area contributed by atoms with Crippen LogP contribution in [0.4, 0.5) is 0 Å². The SMILES string of the molecule is CCCCC(C)C(C)OC(=O)C(C)C. The lowest BCUT2D eigenvalue weighted by Gasteiger charge is -2.21. The van der Waals surface area contributed by atoms with Crippen molar-refractivity contribution < 1.29 is 9.53 Å². The molecular formula is C12H24O2. The van der Waals surface area contributed by atoms with Gasteiger partial charge in [0.1, 0.15) is 6.10 Å². The number of hydrogen-bond acceptors (Lipinski definition) is 2. The monoisotopic (exact) mass is 200 g/mol. The number of rotatable bonds is 6. The summed E-state index contributed by atoms with van der Waals surface area (Å²) in [6, 6.07) is 0. The van der Waals surface area contributed by atoms with Crippen molar-refractivity contribution in [1.82, 2.24) is 0 Å². The Morgan fingerprint density at radius 3 is 2.21 bits per heavy atom. The highest BCUT2D eigenvalue weighted by molar-refractivity contribution is 5.71. The highest BCUT2D eigenvalue weighted by Gasteiger charge is 2.17. The molecule has 0 spiro atoms. The van der Waals surface area contributed by atoms with Crippen LogP contribution < -0.4 is 0 Å². The van der Waals surface area contributed by atoms with Gasteiger partial charge >= 0.3 is 5.97 Å². The van der Waals surface area contributed by atoms with E-state index >= 15 is 0 Å². The molecule has 0 rings (SSSR count). The molecule has 0 N–H and O–H groups in total. The number of carbonyl (C=O) groups is 1. The van der Waals surface area contributed by atoms with Crippen LogP contribution in [-0.2, 0) is 9.53 Å². The summed E-state index contributed by atoms with van der Waals surface area (Å²) in [6.45, 7) is 10.0. The Morgan fingerprint density at radius 2 is 1.79 bits per heavy atom. The summed E-state index contributed by atoms with van der Waals surface area (Å²) in [4.78, 5) is 11.3. The molecule has 0 aliphatic rings. The minimum Gasteiger partial charge on any atom is -0.462 e.